The normalized spacial score (nSPS) is 11.4. The molecule has 14 heavy (non-hydrogen) atoms. The summed E-state index contributed by atoms with van der Waals surface area (Å²) in [5.41, 5.74) is -0.780. The molecule has 0 aliphatic carbocycles. The first-order valence-electron chi connectivity index (χ1n) is 4.50. The molecule has 2 nitrogen and oxygen atoms in total. The number of aliphatic hydroxyl groups is 1. The molecular weight excluding hydrogens is 196 g/mol. The van der Waals surface area contributed by atoms with Crippen molar-refractivity contribution in [1.82, 2.24) is 0 Å². The molecule has 0 bridgehead atoms. The Bertz CT molecular complexity index is 274. The van der Waals surface area contributed by atoms with Crippen molar-refractivity contribution >= 4 is 11.8 Å². The average Bonchev–Trinajstić information content (AvgIpc) is 2.14. The van der Waals surface area contributed by atoms with E-state index in [0.717, 1.165) is 5.75 Å². The Kier molecular flexibility index (Phi) is 3.84. The molecule has 0 amide bonds. The Hall–Kier alpha value is -0.670. The molecule has 78 valence electrons. The molecule has 0 aliphatic rings. The summed E-state index contributed by atoms with van der Waals surface area (Å²) >= 11 is 1.70. The first kappa shape index (κ1) is 11.4. The third-order valence-corrected chi connectivity index (χ3v) is 2.40. The van der Waals surface area contributed by atoms with Crippen LogP contribution in [0.1, 0.15) is 13.8 Å². The zero-order valence-electron chi connectivity index (χ0n) is 8.78. The first-order chi connectivity index (χ1) is 6.51. The van der Waals surface area contributed by atoms with E-state index in [-0.39, 0.29) is 0 Å². The summed E-state index contributed by atoms with van der Waals surface area (Å²) in [5, 5.41) is 9.45. The Morgan fingerprint density at radius 2 is 1.86 bits per heavy atom. The topological polar surface area (TPSA) is 29.5 Å². The van der Waals surface area contributed by atoms with Crippen molar-refractivity contribution < 1.29 is 9.84 Å². The highest BCUT2D eigenvalue weighted by Crippen LogP contribution is 2.19. The minimum Gasteiger partial charge on any atom is -0.491 e. The van der Waals surface area contributed by atoms with Gasteiger partial charge in [-0.1, -0.05) is 0 Å². The predicted molar refractivity (Wildman–Crippen MR) is 60.0 cm³/mol. The highest BCUT2D eigenvalue weighted by Gasteiger charge is 2.12. The maximum Gasteiger partial charge on any atom is 0.119 e. The van der Waals surface area contributed by atoms with Crippen molar-refractivity contribution in [2.75, 3.05) is 12.9 Å². The monoisotopic (exact) mass is 212 g/mol. The van der Waals surface area contributed by atoms with E-state index in [1.807, 2.05) is 30.5 Å². The average molecular weight is 212 g/mol. The van der Waals surface area contributed by atoms with E-state index in [4.69, 9.17) is 4.74 Å². The Labute approximate surface area is 89.3 Å². The summed E-state index contributed by atoms with van der Waals surface area (Å²) in [5.74, 6) is 0.796. The summed E-state index contributed by atoms with van der Waals surface area (Å²) in [4.78, 5) is 1.21. The molecule has 1 N–H and O–H groups in total. The molecule has 0 fully saturated rings. The fourth-order valence-electron chi connectivity index (χ4n) is 0.932. The van der Waals surface area contributed by atoms with Gasteiger partial charge in [-0.25, -0.2) is 0 Å². The lowest BCUT2D eigenvalue weighted by Crippen LogP contribution is -2.27. The SMILES string of the molecule is CSc1ccc(OCC(C)(C)O)cc1. The van der Waals surface area contributed by atoms with Crippen LogP contribution in [0.2, 0.25) is 0 Å². The van der Waals surface area contributed by atoms with Crippen LogP contribution in [0.3, 0.4) is 0 Å². The van der Waals surface area contributed by atoms with Gasteiger partial charge in [-0.3, -0.25) is 0 Å². The summed E-state index contributed by atoms with van der Waals surface area (Å²) in [6.45, 7) is 3.76. The van der Waals surface area contributed by atoms with Crippen LogP contribution in [-0.2, 0) is 0 Å². The van der Waals surface area contributed by atoms with Gasteiger partial charge >= 0.3 is 0 Å². The minimum atomic E-state index is -0.780. The predicted octanol–water partition coefficient (Wildman–Crippen LogP) is 2.56. The van der Waals surface area contributed by atoms with Gasteiger partial charge in [-0.15, -0.1) is 11.8 Å². The van der Waals surface area contributed by atoms with Crippen LogP contribution in [0.4, 0.5) is 0 Å². The Balaban J connectivity index is 2.52. The van der Waals surface area contributed by atoms with Gasteiger partial charge in [-0.2, -0.15) is 0 Å². The van der Waals surface area contributed by atoms with Crippen LogP contribution in [0.5, 0.6) is 5.75 Å². The van der Waals surface area contributed by atoms with Gasteiger partial charge in [0.2, 0.25) is 0 Å². The van der Waals surface area contributed by atoms with E-state index in [0.29, 0.717) is 6.61 Å². The third-order valence-electron chi connectivity index (χ3n) is 1.65. The van der Waals surface area contributed by atoms with Crippen LogP contribution in [-0.4, -0.2) is 23.6 Å². The van der Waals surface area contributed by atoms with Crippen molar-refractivity contribution in [1.29, 1.82) is 0 Å². The zero-order valence-corrected chi connectivity index (χ0v) is 9.60. The van der Waals surface area contributed by atoms with Gasteiger partial charge in [-0.05, 0) is 44.4 Å². The molecule has 0 atom stereocenters. The second-order valence-electron chi connectivity index (χ2n) is 3.78. The van der Waals surface area contributed by atoms with Crippen LogP contribution < -0.4 is 4.74 Å². The maximum absolute atomic E-state index is 9.45. The molecule has 0 aliphatic heterocycles. The van der Waals surface area contributed by atoms with Gasteiger partial charge in [0.1, 0.15) is 12.4 Å². The molecule has 0 unspecified atom stereocenters. The number of thioether (sulfide) groups is 1. The largest absolute Gasteiger partial charge is 0.491 e. The molecule has 0 spiro atoms. The first-order valence-corrected chi connectivity index (χ1v) is 5.73. The van der Waals surface area contributed by atoms with E-state index >= 15 is 0 Å². The number of ether oxygens (including phenoxy) is 1. The van der Waals surface area contributed by atoms with E-state index in [1.54, 1.807) is 25.6 Å². The summed E-state index contributed by atoms with van der Waals surface area (Å²) < 4.78 is 5.41. The fraction of sp³-hybridized carbons (Fsp3) is 0.455. The number of rotatable bonds is 4. The van der Waals surface area contributed by atoms with Crippen LogP contribution in [0.25, 0.3) is 0 Å². The van der Waals surface area contributed by atoms with Crippen molar-refractivity contribution in [3.63, 3.8) is 0 Å². The molecular formula is C11H16O2S. The van der Waals surface area contributed by atoms with Gasteiger partial charge in [0.05, 0.1) is 5.60 Å². The summed E-state index contributed by atoms with van der Waals surface area (Å²) in [7, 11) is 0. The fourth-order valence-corrected chi connectivity index (χ4v) is 1.34. The molecule has 0 saturated heterocycles. The molecule has 1 aromatic rings. The lowest BCUT2D eigenvalue weighted by molar-refractivity contribution is 0.0285. The van der Waals surface area contributed by atoms with Gasteiger partial charge in [0, 0.05) is 4.90 Å². The standard InChI is InChI=1S/C11H16O2S/c1-11(2,12)8-13-9-4-6-10(14-3)7-5-9/h4-7,12H,8H2,1-3H3. The van der Waals surface area contributed by atoms with Crippen LogP contribution in [0, 0.1) is 0 Å². The molecule has 1 rings (SSSR count). The molecule has 0 saturated carbocycles. The minimum absolute atomic E-state index is 0.311. The van der Waals surface area contributed by atoms with E-state index in [2.05, 4.69) is 0 Å². The number of hydrogen-bond acceptors (Lipinski definition) is 3. The number of hydrogen-bond donors (Lipinski definition) is 1. The summed E-state index contributed by atoms with van der Waals surface area (Å²) in [6, 6.07) is 7.84. The van der Waals surface area contributed by atoms with Crippen LogP contribution in [0.15, 0.2) is 29.2 Å². The van der Waals surface area contributed by atoms with Crippen LogP contribution >= 0.6 is 11.8 Å². The quantitative estimate of drug-likeness (QED) is 0.778. The lowest BCUT2D eigenvalue weighted by atomic mass is 10.2. The smallest absolute Gasteiger partial charge is 0.119 e. The van der Waals surface area contributed by atoms with E-state index < -0.39 is 5.60 Å². The Morgan fingerprint density at radius 3 is 2.29 bits per heavy atom. The molecule has 3 heteroatoms. The van der Waals surface area contributed by atoms with Gasteiger partial charge in [0.25, 0.3) is 0 Å². The second kappa shape index (κ2) is 4.71. The van der Waals surface area contributed by atoms with Crippen molar-refractivity contribution in [2.45, 2.75) is 24.3 Å². The van der Waals surface area contributed by atoms with Gasteiger partial charge in [0.15, 0.2) is 0 Å². The molecule has 1 aromatic carbocycles. The van der Waals surface area contributed by atoms with Crippen molar-refractivity contribution in [3.8, 4) is 5.75 Å². The number of benzene rings is 1. The third kappa shape index (κ3) is 4.03. The highest BCUT2D eigenvalue weighted by atomic mass is 32.2. The lowest BCUT2D eigenvalue weighted by Gasteiger charge is -2.17. The molecule has 0 aromatic heterocycles. The van der Waals surface area contributed by atoms with Crippen molar-refractivity contribution in [2.24, 2.45) is 0 Å². The second-order valence-corrected chi connectivity index (χ2v) is 4.66. The summed E-state index contributed by atoms with van der Waals surface area (Å²) in [6.07, 6.45) is 2.03. The maximum atomic E-state index is 9.45. The van der Waals surface area contributed by atoms with Crippen molar-refractivity contribution in [3.05, 3.63) is 24.3 Å². The highest BCUT2D eigenvalue weighted by molar-refractivity contribution is 7.98. The Morgan fingerprint density at radius 1 is 1.29 bits per heavy atom. The zero-order chi connectivity index (χ0) is 10.6. The van der Waals surface area contributed by atoms with Gasteiger partial charge < -0.3 is 9.84 Å². The van der Waals surface area contributed by atoms with E-state index in [1.165, 1.54) is 4.90 Å². The molecule has 0 radical (unpaired) electrons. The van der Waals surface area contributed by atoms with E-state index in [9.17, 15) is 5.11 Å². The molecule has 0 heterocycles.